The quantitative estimate of drug-likeness (QED) is 0.107. The molecule has 0 aliphatic heterocycles. The molecule has 0 amide bonds. The number of rotatable bonds is 7. The fraction of sp³-hybridized carbons (Fsp3) is 0. The fourth-order valence-electron chi connectivity index (χ4n) is 3.95. The monoisotopic (exact) mass is 695 g/mol. The van der Waals surface area contributed by atoms with Crippen LogP contribution in [0.15, 0.2) is 106 Å². The average molecular weight is 696 g/mol. The van der Waals surface area contributed by atoms with E-state index >= 15 is 0 Å². The molecule has 19 heteroatoms. The number of aromatic nitrogens is 4. The van der Waals surface area contributed by atoms with Gasteiger partial charge in [0.1, 0.15) is 17.1 Å². The Morgan fingerprint density at radius 3 is 1.29 bits per heavy atom. The summed E-state index contributed by atoms with van der Waals surface area (Å²) in [5, 5.41) is 8.46. The number of benzene rings is 3. The van der Waals surface area contributed by atoms with Gasteiger partial charge < -0.3 is 0 Å². The van der Waals surface area contributed by atoms with E-state index in [9.17, 15) is 38.9 Å². The molecule has 13 nitrogen and oxygen atoms in total. The van der Waals surface area contributed by atoms with Crippen LogP contribution >= 0.6 is 0 Å². The summed E-state index contributed by atoms with van der Waals surface area (Å²) in [4.78, 5) is 7.96. The van der Waals surface area contributed by atoms with Gasteiger partial charge >= 0.3 is 88.7 Å². The zero-order valence-electron chi connectivity index (χ0n) is 24.0. The summed E-state index contributed by atoms with van der Waals surface area (Å²) in [7, 11) is -13.3. The normalized spacial score (nSPS) is 11.4. The predicted octanol–water partition coefficient (Wildman–Crippen LogP) is -5.31. The zero-order chi connectivity index (χ0) is 30.3. The van der Waals surface area contributed by atoms with E-state index in [-0.39, 0.29) is 126 Å². The van der Waals surface area contributed by atoms with Crippen LogP contribution in [0.5, 0.6) is 0 Å². The van der Waals surface area contributed by atoms with Crippen molar-refractivity contribution in [3.8, 4) is 45.2 Å². The molecule has 0 unspecified atom stereocenters. The molecule has 0 aliphatic rings. The first-order valence-electron chi connectivity index (χ1n) is 11.6. The molecule has 0 radical (unpaired) electrons. The Kier molecular flexibility index (Phi) is 13.8. The molecule has 2 heterocycles. The summed E-state index contributed by atoms with van der Waals surface area (Å²) in [6.07, 6.45) is 1.48. The van der Waals surface area contributed by atoms with Crippen LogP contribution in [0, 0.1) is 0 Å². The molecule has 0 spiro atoms. The van der Waals surface area contributed by atoms with Crippen molar-refractivity contribution < 1.29 is 128 Å². The second-order valence-corrected chi connectivity index (χ2v) is 13.0. The Morgan fingerprint density at radius 1 is 0.467 bits per heavy atom. The van der Waals surface area contributed by atoms with E-state index in [2.05, 4.69) is 20.2 Å². The summed E-state index contributed by atoms with van der Waals surface area (Å²) in [5.74, 6) is 0.0681. The summed E-state index contributed by atoms with van der Waals surface area (Å²) in [6.45, 7) is 0. The Labute approximate surface area is 325 Å². The maximum atomic E-state index is 11.5. The molecule has 0 saturated heterocycles. The fourth-order valence-corrected chi connectivity index (χ4v) is 5.39. The van der Waals surface area contributed by atoms with E-state index in [1.54, 1.807) is 12.1 Å². The Bertz CT molecular complexity index is 2150. The van der Waals surface area contributed by atoms with Crippen molar-refractivity contribution in [1.82, 2.24) is 20.2 Å². The first-order chi connectivity index (χ1) is 19.7. The van der Waals surface area contributed by atoms with E-state index < -0.39 is 30.4 Å². The van der Waals surface area contributed by atoms with E-state index in [4.69, 9.17) is 0 Å². The van der Waals surface area contributed by atoms with Gasteiger partial charge in [0, 0.05) is 17.3 Å². The average Bonchev–Trinajstić information content (AvgIpc) is 2.96. The van der Waals surface area contributed by atoms with Gasteiger partial charge in [-0.2, -0.15) is 25.3 Å². The van der Waals surface area contributed by atoms with Crippen molar-refractivity contribution in [3.05, 3.63) is 91.1 Å². The first kappa shape index (κ1) is 39.7. The van der Waals surface area contributed by atoms with Crippen LogP contribution in [0.4, 0.5) is 0 Å². The van der Waals surface area contributed by atoms with Crippen molar-refractivity contribution in [2.24, 2.45) is 0 Å². The third-order valence-corrected chi connectivity index (χ3v) is 8.62. The minimum absolute atomic E-state index is 0. The van der Waals surface area contributed by atoms with Crippen LogP contribution in [0.3, 0.4) is 0 Å². The van der Waals surface area contributed by atoms with Crippen molar-refractivity contribution in [2.45, 2.75) is 14.7 Å². The van der Waals surface area contributed by atoms with Gasteiger partial charge in [-0.15, -0.1) is 10.2 Å². The van der Waals surface area contributed by atoms with Gasteiger partial charge in [0.05, 0.1) is 14.7 Å². The van der Waals surface area contributed by atoms with Gasteiger partial charge in [0.25, 0.3) is 30.4 Å². The van der Waals surface area contributed by atoms with Crippen LogP contribution in [-0.4, -0.2) is 59.1 Å². The minimum Gasteiger partial charge on any atom is -0.282 e. The third kappa shape index (κ3) is 9.56. The molecule has 0 atom stereocenters. The summed E-state index contributed by atoms with van der Waals surface area (Å²) < 4.78 is 96.7. The molecule has 3 aromatic carbocycles. The Hall–Kier alpha value is -1.45. The number of pyridine rings is 1. The molecule has 2 aromatic heterocycles. The SMILES string of the molecule is O=S(=O)(O)c1ccc(-c2ccnc(-c3nnc(-c4ccc(S(=O)(=O)O)cc4)c(-c4ccc(S(=O)(=O)O)cc4)n3)c2)cc1.[Na+].[Na+].[Na+]. The molecule has 214 valence electrons. The van der Waals surface area contributed by atoms with Crippen LogP contribution in [0.2, 0.25) is 0 Å². The van der Waals surface area contributed by atoms with E-state index in [0.717, 1.165) is 0 Å². The smallest absolute Gasteiger partial charge is 0.282 e. The van der Waals surface area contributed by atoms with Crippen molar-refractivity contribution >= 4 is 30.4 Å². The second-order valence-electron chi connectivity index (χ2n) is 8.76. The first-order valence-corrected chi connectivity index (χ1v) is 16.0. The van der Waals surface area contributed by atoms with Gasteiger partial charge in [0.15, 0.2) is 0 Å². The largest absolute Gasteiger partial charge is 1.00 e. The summed E-state index contributed by atoms with van der Waals surface area (Å²) in [6, 6.07) is 19.1. The Balaban J connectivity index is 0.00000235. The predicted molar refractivity (Wildman–Crippen MR) is 149 cm³/mol. The summed E-state index contributed by atoms with van der Waals surface area (Å²) in [5.41, 5.74) is 2.67. The topological polar surface area (TPSA) is 215 Å². The van der Waals surface area contributed by atoms with Gasteiger partial charge in [-0.3, -0.25) is 18.6 Å². The van der Waals surface area contributed by atoms with E-state index in [1.807, 2.05) is 0 Å². The summed E-state index contributed by atoms with van der Waals surface area (Å²) >= 11 is 0. The van der Waals surface area contributed by atoms with Gasteiger partial charge in [0.2, 0.25) is 5.82 Å². The molecular weight excluding hydrogens is 677 g/mol. The van der Waals surface area contributed by atoms with Crippen LogP contribution in [-0.2, 0) is 30.4 Å². The van der Waals surface area contributed by atoms with E-state index in [0.29, 0.717) is 22.3 Å². The number of hydrogen-bond acceptors (Lipinski definition) is 10. The van der Waals surface area contributed by atoms with Crippen LogP contribution in [0.1, 0.15) is 0 Å². The minimum atomic E-state index is -4.46. The maximum Gasteiger partial charge on any atom is 1.00 e. The Morgan fingerprint density at radius 2 is 0.867 bits per heavy atom. The number of hydrogen-bond donors (Lipinski definition) is 3. The van der Waals surface area contributed by atoms with Crippen molar-refractivity contribution in [2.75, 3.05) is 0 Å². The molecular formula is C26H18N4Na3O9S3+3. The molecule has 5 rings (SSSR count). The van der Waals surface area contributed by atoms with Gasteiger partial charge in [-0.1, -0.05) is 36.4 Å². The maximum absolute atomic E-state index is 11.5. The van der Waals surface area contributed by atoms with Gasteiger partial charge in [-0.25, -0.2) is 4.98 Å². The molecule has 0 bridgehead atoms. The number of nitrogens with zero attached hydrogens (tertiary/aromatic N) is 4. The molecule has 5 aromatic rings. The van der Waals surface area contributed by atoms with E-state index in [1.165, 1.54) is 79.0 Å². The molecule has 0 aliphatic carbocycles. The van der Waals surface area contributed by atoms with Crippen LogP contribution in [0.25, 0.3) is 45.2 Å². The molecule has 0 saturated carbocycles. The van der Waals surface area contributed by atoms with Crippen molar-refractivity contribution in [3.63, 3.8) is 0 Å². The molecule has 45 heavy (non-hydrogen) atoms. The zero-order valence-corrected chi connectivity index (χ0v) is 32.4. The van der Waals surface area contributed by atoms with Crippen LogP contribution < -0.4 is 88.7 Å². The van der Waals surface area contributed by atoms with Crippen molar-refractivity contribution in [1.29, 1.82) is 0 Å². The standard InChI is InChI=1S/C26H18N4O9S3.3Na/c31-40(32,33)20-7-1-16(2-8-20)19-13-14-27-23(15-19)26-28-24(17-3-9-21(10-4-17)41(34,35)36)25(29-30-26)18-5-11-22(12-6-18)42(37,38)39;;;/h1-15H,(H,31,32,33)(H,34,35,36)(H,37,38,39);;;/q;3*+1. The molecule has 0 fully saturated rings. The third-order valence-electron chi connectivity index (χ3n) is 6.01. The second kappa shape index (κ2) is 15.6. The van der Waals surface area contributed by atoms with Gasteiger partial charge in [-0.05, 0) is 59.7 Å². The molecule has 3 N–H and O–H groups in total.